The van der Waals surface area contributed by atoms with Gasteiger partial charge in [-0.1, -0.05) is 6.07 Å². The number of amides is 3. The molecule has 3 heterocycles. The van der Waals surface area contributed by atoms with Crippen LogP contribution in [0, 0.1) is 13.8 Å². The maximum atomic E-state index is 12.7. The monoisotopic (exact) mass is 321 g/mol. The molecule has 1 saturated heterocycles. The van der Waals surface area contributed by atoms with Gasteiger partial charge in [0, 0.05) is 9.75 Å². The molecule has 1 atom stereocenters. The Balaban J connectivity index is 1.89. The Hall–Kier alpha value is -1.73. The summed E-state index contributed by atoms with van der Waals surface area (Å²) >= 11 is 2.99. The number of hydrogen-bond acceptors (Lipinski definition) is 5. The topological polar surface area (TPSA) is 62.3 Å². The van der Waals surface area contributed by atoms with E-state index in [9.17, 15) is 9.59 Å². The number of carbonyl (C=O) groups is 2. The number of thiophene rings is 1. The third-order valence-corrected chi connectivity index (χ3v) is 5.74. The van der Waals surface area contributed by atoms with E-state index in [0.717, 1.165) is 20.5 Å². The first-order chi connectivity index (χ1) is 9.91. The Bertz CT molecular complexity index is 708. The van der Waals surface area contributed by atoms with Gasteiger partial charge in [-0.3, -0.25) is 9.69 Å². The van der Waals surface area contributed by atoms with Crippen LogP contribution in [0.4, 0.5) is 4.79 Å². The molecule has 2 aromatic rings. The van der Waals surface area contributed by atoms with Gasteiger partial charge in [0.1, 0.15) is 0 Å². The molecule has 5 nitrogen and oxygen atoms in total. The fourth-order valence-electron chi connectivity index (χ4n) is 2.43. The highest BCUT2D eigenvalue weighted by Gasteiger charge is 2.49. The van der Waals surface area contributed by atoms with Gasteiger partial charge in [-0.05, 0) is 32.2 Å². The summed E-state index contributed by atoms with van der Waals surface area (Å²) in [6.07, 6.45) is 0. The van der Waals surface area contributed by atoms with E-state index in [0.29, 0.717) is 0 Å². The molecule has 1 fully saturated rings. The smallest absolute Gasteiger partial charge is 0.319 e. The first kappa shape index (κ1) is 14.2. The van der Waals surface area contributed by atoms with Gasteiger partial charge in [0.25, 0.3) is 5.91 Å². The number of urea groups is 1. The Morgan fingerprint density at radius 3 is 2.71 bits per heavy atom. The van der Waals surface area contributed by atoms with Gasteiger partial charge in [-0.25, -0.2) is 9.78 Å². The van der Waals surface area contributed by atoms with E-state index in [1.165, 1.54) is 27.6 Å². The third kappa shape index (κ3) is 2.26. The quantitative estimate of drug-likeness (QED) is 0.884. The first-order valence-electron chi connectivity index (χ1n) is 6.53. The van der Waals surface area contributed by atoms with Crippen LogP contribution in [0.1, 0.15) is 27.4 Å². The van der Waals surface area contributed by atoms with Crippen molar-refractivity contribution in [3.63, 3.8) is 0 Å². The SMILES string of the molecule is Cc1nc(C)c(CN2C(=O)NC(C)(c3cccs3)C2=O)s1. The summed E-state index contributed by atoms with van der Waals surface area (Å²) in [5, 5.41) is 5.65. The lowest BCUT2D eigenvalue weighted by molar-refractivity contribution is -0.131. The summed E-state index contributed by atoms with van der Waals surface area (Å²) in [5.41, 5.74) is -0.0818. The molecule has 1 aliphatic heterocycles. The van der Waals surface area contributed by atoms with Crippen LogP contribution < -0.4 is 5.32 Å². The van der Waals surface area contributed by atoms with Crippen molar-refractivity contribution in [3.8, 4) is 0 Å². The lowest BCUT2D eigenvalue weighted by Crippen LogP contribution is -2.40. The lowest BCUT2D eigenvalue weighted by atomic mass is 10.0. The second-order valence-corrected chi connectivity index (χ2v) is 7.40. The highest BCUT2D eigenvalue weighted by Crippen LogP contribution is 2.33. The molecule has 0 aromatic carbocycles. The van der Waals surface area contributed by atoms with Crippen LogP contribution in [0.2, 0.25) is 0 Å². The van der Waals surface area contributed by atoms with Crippen molar-refractivity contribution in [2.24, 2.45) is 0 Å². The first-order valence-corrected chi connectivity index (χ1v) is 8.22. The van der Waals surface area contributed by atoms with Crippen molar-refractivity contribution < 1.29 is 9.59 Å². The Morgan fingerprint density at radius 2 is 2.14 bits per heavy atom. The Morgan fingerprint density at radius 1 is 1.38 bits per heavy atom. The maximum absolute atomic E-state index is 12.7. The Kier molecular flexibility index (Phi) is 3.33. The van der Waals surface area contributed by atoms with E-state index in [1.807, 2.05) is 31.4 Å². The molecule has 1 unspecified atom stereocenters. The molecule has 110 valence electrons. The van der Waals surface area contributed by atoms with Crippen LogP contribution in [-0.2, 0) is 16.9 Å². The van der Waals surface area contributed by atoms with Crippen LogP contribution in [0.5, 0.6) is 0 Å². The van der Waals surface area contributed by atoms with E-state index < -0.39 is 5.54 Å². The van der Waals surface area contributed by atoms with E-state index >= 15 is 0 Å². The molecule has 0 aliphatic carbocycles. The largest absolute Gasteiger partial charge is 0.325 e. The molecule has 0 saturated carbocycles. The predicted molar refractivity (Wildman–Crippen MR) is 82.3 cm³/mol. The maximum Gasteiger partial charge on any atom is 0.325 e. The molecule has 0 bridgehead atoms. The second-order valence-electron chi connectivity index (χ2n) is 5.17. The van der Waals surface area contributed by atoms with Crippen molar-refractivity contribution in [3.05, 3.63) is 38.0 Å². The molecule has 7 heteroatoms. The van der Waals surface area contributed by atoms with Gasteiger partial charge >= 0.3 is 6.03 Å². The van der Waals surface area contributed by atoms with Crippen molar-refractivity contribution in [2.45, 2.75) is 32.9 Å². The average Bonchev–Trinajstić information content (AvgIpc) is 3.09. The lowest BCUT2D eigenvalue weighted by Gasteiger charge is -2.19. The number of hydrogen-bond donors (Lipinski definition) is 1. The summed E-state index contributed by atoms with van der Waals surface area (Å²) in [6.45, 7) is 5.85. The number of thiazole rings is 1. The molecular formula is C14H15N3O2S2. The van der Waals surface area contributed by atoms with E-state index in [4.69, 9.17) is 0 Å². The molecule has 21 heavy (non-hydrogen) atoms. The minimum atomic E-state index is -0.959. The molecule has 2 aromatic heterocycles. The van der Waals surface area contributed by atoms with E-state index in [1.54, 1.807) is 6.92 Å². The third-order valence-electron chi connectivity index (χ3n) is 3.59. The molecule has 0 radical (unpaired) electrons. The standard InChI is InChI=1S/C14H15N3O2S2/c1-8-10(21-9(2)15-8)7-17-12(18)14(3,16-13(17)19)11-5-4-6-20-11/h4-6H,7H2,1-3H3,(H,16,19). The highest BCUT2D eigenvalue weighted by atomic mass is 32.1. The number of rotatable bonds is 3. The number of nitrogens with zero attached hydrogens (tertiary/aromatic N) is 2. The van der Waals surface area contributed by atoms with Gasteiger partial charge in [-0.2, -0.15) is 0 Å². The predicted octanol–water partition coefficient (Wildman–Crippen LogP) is 2.79. The van der Waals surface area contributed by atoms with Crippen LogP contribution in [0.25, 0.3) is 0 Å². The zero-order valence-corrected chi connectivity index (χ0v) is 13.6. The van der Waals surface area contributed by atoms with Crippen molar-refractivity contribution in [2.75, 3.05) is 0 Å². The van der Waals surface area contributed by atoms with Crippen molar-refractivity contribution in [1.29, 1.82) is 0 Å². The minimum absolute atomic E-state index is 0.208. The molecule has 1 aliphatic rings. The zero-order valence-electron chi connectivity index (χ0n) is 12.0. The van der Waals surface area contributed by atoms with Crippen LogP contribution in [0.15, 0.2) is 17.5 Å². The van der Waals surface area contributed by atoms with E-state index in [2.05, 4.69) is 10.3 Å². The van der Waals surface area contributed by atoms with Crippen LogP contribution in [0.3, 0.4) is 0 Å². The number of nitrogens with one attached hydrogen (secondary N) is 1. The Labute approximate surface area is 130 Å². The molecular weight excluding hydrogens is 306 g/mol. The minimum Gasteiger partial charge on any atom is -0.319 e. The van der Waals surface area contributed by atoms with Crippen LogP contribution in [-0.4, -0.2) is 21.8 Å². The van der Waals surface area contributed by atoms with Gasteiger partial charge < -0.3 is 5.32 Å². The number of aryl methyl sites for hydroxylation is 2. The number of aromatic nitrogens is 1. The van der Waals surface area contributed by atoms with Crippen molar-refractivity contribution >= 4 is 34.6 Å². The molecule has 3 rings (SSSR count). The molecule has 0 spiro atoms. The second kappa shape index (κ2) is 4.92. The summed E-state index contributed by atoms with van der Waals surface area (Å²) in [5.74, 6) is -0.208. The number of carbonyl (C=O) groups excluding carboxylic acids is 2. The fraction of sp³-hybridized carbons (Fsp3) is 0.357. The van der Waals surface area contributed by atoms with Crippen LogP contribution >= 0.6 is 22.7 Å². The zero-order chi connectivity index (χ0) is 15.2. The van der Waals surface area contributed by atoms with Crippen molar-refractivity contribution in [1.82, 2.24) is 15.2 Å². The normalized spacial score (nSPS) is 22.0. The summed E-state index contributed by atoms with van der Waals surface area (Å²) in [4.78, 5) is 32.3. The van der Waals surface area contributed by atoms with Gasteiger partial charge in [0.15, 0.2) is 5.54 Å². The summed E-state index contributed by atoms with van der Waals surface area (Å²) < 4.78 is 0. The molecule has 3 amide bonds. The average molecular weight is 321 g/mol. The van der Waals surface area contributed by atoms with Gasteiger partial charge in [0.05, 0.1) is 17.2 Å². The van der Waals surface area contributed by atoms with Gasteiger partial charge in [0.2, 0.25) is 0 Å². The summed E-state index contributed by atoms with van der Waals surface area (Å²) in [7, 11) is 0. The van der Waals surface area contributed by atoms with Gasteiger partial charge in [-0.15, -0.1) is 22.7 Å². The summed E-state index contributed by atoms with van der Waals surface area (Å²) in [6, 6.07) is 3.40. The fourth-order valence-corrected chi connectivity index (χ4v) is 4.20. The van der Waals surface area contributed by atoms with E-state index in [-0.39, 0.29) is 18.5 Å². The highest BCUT2D eigenvalue weighted by molar-refractivity contribution is 7.11. The number of imide groups is 1. The molecule has 1 N–H and O–H groups in total.